The molecule has 66 valence electrons. The Balaban J connectivity index is 2.24. The second-order valence-corrected chi connectivity index (χ2v) is 3.26. The van der Waals surface area contributed by atoms with E-state index in [1.807, 2.05) is 0 Å². The van der Waals surface area contributed by atoms with Gasteiger partial charge in [0.15, 0.2) is 0 Å². The maximum absolute atomic E-state index is 10.9. The van der Waals surface area contributed by atoms with E-state index in [2.05, 4.69) is 17.2 Å². The third-order valence-corrected chi connectivity index (χ3v) is 2.25. The SMILES string of the molecule is CC#CC(=O)NCC1(CN)CC1. The lowest BCUT2D eigenvalue weighted by atomic mass is 10.1. The molecule has 0 atom stereocenters. The summed E-state index contributed by atoms with van der Waals surface area (Å²) >= 11 is 0. The summed E-state index contributed by atoms with van der Waals surface area (Å²) in [6, 6.07) is 0. The van der Waals surface area contributed by atoms with Crippen molar-refractivity contribution in [1.82, 2.24) is 5.32 Å². The maximum atomic E-state index is 10.9. The van der Waals surface area contributed by atoms with E-state index in [1.54, 1.807) is 6.92 Å². The molecule has 0 aromatic carbocycles. The first-order valence-electron chi connectivity index (χ1n) is 4.13. The molecular formula is C9H14N2O. The maximum Gasteiger partial charge on any atom is 0.295 e. The predicted octanol–water partition coefficient (Wildman–Crippen LogP) is -0.135. The van der Waals surface area contributed by atoms with Crippen LogP contribution < -0.4 is 11.1 Å². The van der Waals surface area contributed by atoms with E-state index in [-0.39, 0.29) is 11.3 Å². The van der Waals surface area contributed by atoms with E-state index in [9.17, 15) is 4.79 Å². The minimum absolute atomic E-state index is 0.197. The number of rotatable bonds is 3. The van der Waals surface area contributed by atoms with Crippen LogP contribution in [0.15, 0.2) is 0 Å². The first kappa shape index (κ1) is 9.08. The van der Waals surface area contributed by atoms with Gasteiger partial charge in [-0.1, -0.05) is 5.92 Å². The molecule has 12 heavy (non-hydrogen) atoms. The Kier molecular flexibility index (Phi) is 2.72. The molecule has 0 radical (unpaired) electrons. The van der Waals surface area contributed by atoms with Crippen molar-refractivity contribution < 1.29 is 4.79 Å². The molecule has 0 aromatic heterocycles. The lowest BCUT2D eigenvalue weighted by Gasteiger charge is -2.10. The zero-order valence-electron chi connectivity index (χ0n) is 7.31. The van der Waals surface area contributed by atoms with E-state index < -0.39 is 0 Å². The Morgan fingerprint density at radius 2 is 2.33 bits per heavy atom. The second-order valence-electron chi connectivity index (χ2n) is 3.26. The molecule has 0 bridgehead atoms. The quantitative estimate of drug-likeness (QED) is 0.574. The van der Waals surface area contributed by atoms with Crippen LogP contribution >= 0.6 is 0 Å². The summed E-state index contributed by atoms with van der Waals surface area (Å²) in [6.07, 6.45) is 2.26. The predicted molar refractivity (Wildman–Crippen MR) is 47.2 cm³/mol. The van der Waals surface area contributed by atoms with Gasteiger partial charge in [-0.25, -0.2) is 0 Å². The number of nitrogens with two attached hydrogens (primary N) is 1. The van der Waals surface area contributed by atoms with Crippen molar-refractivity contribution >= 4 is 5.91 Å². The van der Waals surface area contributed by atoms with E-state index >= 15 is 0 Å². The molecule has 0 heterocycles. The largest absolute Gasteiger partial charge is 0.345 e. The Bertz CT molecular complexity index is 233. The topological polar surface area (TPSA) is 55.1 Å². The van der Waals surface area contributed by atoms with Crippen LogP contribution in [0.5, 0.6) is 0 Å². The van der Waals surface area contributed by atoms with Crippen molar-refractivity contribution in [3.8, 4) is 11.8 Å². The normalized spacial score (nSPS) is 17.5. The summed E-state index contributed by atoms with van der Waals surface area (Å²) in [5, 5.41) is 2.74. The molecule has 0 spiro atoms. The summed E-state index contributed by atoms with van der Waals surface area (Å²) in [5.74, 6) is 4.78. The molecule has 3 N–H and O–H groups in total. The second kappa shape index (κ2) is 3.59. The molecule has 1 fully saturated rings. The molecule has 0 aliphatic heterocycles. The van der Waals surface area contributed by atoms with E-state index in [0.29, 0.717) is 13.1 Å². The molecule has 3 nitrogen and oxygen atoms in total. The van der Waals surface area contributed by atoms with Gasteiger partial charge in [-0.3, -0.25) is 4.79 Å². The van der Waals surface area contributed by atoms with Gasteiger partial charge in [0.1, 0.15) is 0 Å². The van der Waals surface area contributed by atoms with Gasteiger partial charge in [0.05, 0.1) is 0 Å². The van der Waals surface area contributed by atoms with Crippen molar-refractivity contribution in [2.45, 2.75) is 19.8 Å². The molecule has 1 saturated carbocycles. The highest BCUT2D eigenvalue weighted by Gasteiger charge is 2.41. The molecule has 1 rings (SSSR count). The lowest BCUT2D eigenvalue weighted by molar-refractivity contribution is -0.115. The zero-order valence-corrected chi connectivity index (χ0v) is 7.31. The lowest BCUT2D eigenvalue weighted by Crippen LogP contribution is -2.33. The molecule has 1 amide bonds. The first-order valence-corrected chi connectivity index (χ1v) is 4.13. The summed E-state index contributed by atoms with van der Waals surface area (Å²) in [7, 11) is 0. The Morgan fingerprint density at radius 1 is 1.67 bits per heavy atom. The van der Waals surface area contributed by atoms with Crippen LogP contribution in [0.4, 0.5) is 0 Å². The highest BCUT2D eigenvalue weighted by Crippen LogP contribution is 2.43. The van der Waals surface area contributed by atoms with Crippen LogP contribution in [0, 0.1) is 17.3 Å². The minimum Gasteiger partial charge on any atom is -0.345 e. The van der Waals surface area contributed by atoms with Crippen LogP contribution in [0.2, 0.25) is 0 Å². The fraction of sp³-hybridized carbons (Fsp3) is 0.667. The number of amides is 1. The summed E-state index contributed by atoms with van der Waals surface area (Å²) in [5.41, 5.74) is 5.74. The van der Waals surface area contributed by atoms with Gasteiger partial charge in [-0.15, -0.1) is 0 Å². The van der Waals surface area contributed by atoms with Crippen molar-refractivity contribution in [1.29, 1.82) is 0 Å². The number of carbonyl (C=O) groups excluding carboxylic acids is 1. The van der Waals surface area contributed by atoms with Crippen LogP contribution in [0.25, 0.3) is 0 Å². The molecule has 1 aliphatic carbocycles. The van der Waals surface area contributed by atoms with Gasteiger partial charge in [0.25, 0.3) is 5.91 Å². The molecule has 3 heteroatoms. The highest BCUT2D eigenvalue weighted by atomic mass is 16.1. The summed E-state index contributed by atoms with van der Waals surface area (Å²) in [4.78, 5) is 10.9. The van der Waals surface area contributed by atoms with Crippen molar-refractivity contribution in [3.63, 3.8) is 0 Å². The zero-order chi connectivity index (χ0) is 9.03. The van der Waals surface area contributed by atoms with E-state index in [4.69, 9.17) is 5.73 Å². The van der Waals surface area contributed by atoms with Gasteiger partial charge < -0.3 is 11.1 Å². The fourth-order valence-electron chi connectivity index (χ4n) is 1.06. The Hall–Kier alpha value is -1.01. The fourth-order valence-corrected chi connectivity index (χ4v) is 1.06. The molecule has 1 aliphatic rings. The third-order valence-electron chi connectivity index (χ3n) is 2.25. The smallest absolute Gasteiger partial charge is 0.295 e. The van der Waals surface area contributed by atoms with Crippen LogP contribution in [-0.4, -0.2) is 19.0 Å². The minimum atomic E-state index is -0.197. The van der Waals surface area contributed by atoms with Gasteiger partial charge >= 0.3 is 0 Å². The van der Waals surface area contributed by atoms with Gasteiger partial charge in [0.2, 0.25) is 0 Å². The standard InChI is InChI=1S/C9H14N2O/c1-2-3-8(12)11-7-9(6-10)4-5-9/h4-7,10H2,1H3,(H,11,12). The molecule has 0 unspecified atom stereocenters. The van der Waals surface area contributed by atoms with Gasteiger partial charge in [0, 0.05) is 12.0 Å². The Morgan fingerprint density at radius 3 is 2.75 bits per heavy atom. The van der Waals surface area contributed by atoms with Crippen LogP contribution in [0.3, 0.4) is 0 Å². The average molecular weight is 166 g/mol. The molecule has 0 saturated heterocycles. The number of nitrogens with one attached hydrogen (secondary N) is 1. The van der Waals surface area contributed by atoms with E-state index in [0.717, 1.165) is 12.8 Å². The number of carbonyl (C=O) groups is 1. The van der Waals surface area contributed by atoms with Crippen molar-refractivity contribution in [3.05, 3.63) is 0 Å². The Labute approximate surface area is 72.7 Å². The van der Waals surface area contributed by atoms with Crippen LogP contribution in [-0.2, 0) is 4.79 Å². The third kappa shape index (κ3) is 2.24. The summed E-state index contributed by atoms with van der Waals surface area (Å²) < 4.78 is 0. The van der Waals surface area contributed by atoms with Gasteiger partial charge in [-0.2, -0.15) is 0 Å². The monoisotopic (exact) mass is 166 g/mol. The molecule has 0 aromatic rings. The van der Waals surface area contributed by atoms with Gasteiger partial charge in [-0.05, 0) is 32.2 Å². The highest BCUT2D eigenvalue weighted by molar-refractivity contribution is 5.93. The van der Waals surface area contributed by atoms with Crippen LogP contribution in [0.1, 0.15) is 19.8 Å². The van der Waals surface area contributed by atoms with Crippen molar-refractivity contribution in [2.75, 3.05) is 13.1 Å². The summed E-state index contributed by atoms with van der Waals surface area (Å²) in [6.45, 7) is 2.99. The molecular weight excluding hydrogens is 152 g/mol. The first-order chi connectivity index (χ1) is 5.72. The average Bonchev–Trinajstić information content (AvgIpc) is 2.82. The van der Waals surface area contributed by atoms with E-state index in [1.165, 1.54) is 0 Å². The van der Waals surface area contributed by atoms with Crippen molar-refractivity contribution in [2.24, 2.45) is 11.1 Å². The number of hydrogen-bond donors (Lipinski definition) is 2. The number of hydrogen-bond acceptors (Lipinski definition) is 2.